The summed E-state index contributed by atoms with van der Waals surface area (Å²) in [5.41, 5.74) is 6.64. The van der Waals surface area contributed by atoms with Crippen LogP contribution in [0.25, 0.3) is 0 Å². The number of hydrogen-bond acceptors (Lipinski definition) is 3. The molecule has 2 N–H and O–H groups in total. The summed E-state index contributed by atoms with van der Waals surface area (Å²) in [4.78, 5) is 4.30. The van der Waals surface area contributed by atoms with Crippen molar-refractivity contribution in [3.63, 3.8) is 0 Å². The number of aromatic nitrogens is 1. The van der Waals surface area contributed by atoms with Gasteiger partial charge >= 0.3 is 0 Å². The van der Waals surface area contributed by atoms with Gasteiger partial charge in [-0.2, -0.15) is 0 Å². The van der Waals surface area contributed by atoms with Crippen LogP contribution < -0.4 is 5.73 Å². The van der Waals surface area contributed by atoms with E-state index in [1.807, 2.05) is 11.6 Å². The van der Waals surface area contributed by atoms with E-state index in [0.29, 0.717) is 5.41 Å². The average Bonchev–Trinajstić information content (AvgIpc) is 2.76. The zero-order valence-corrected chi connectivity index (χ0v) is 9.52. The van der Waals surface area contributed by atoms with Gasteiger partial charge in [-0.1, -0.05) is 19.8 Å². The Morgan fingerprint density at radius 1 is 1.57 bits per heavy atom. The lowest BCUT2D eigenvalue weighted by atomic mass is 9.80. The van der Waals surface area contributed by atoms with Crippen LogP contribution in [0.3, 0.4) is 0 Å². The molecule has 0 saturated heterocycles. The molecule has 1 saturated carbocycles. The molecule has 0 aliphatic heterocycles. The lowest BCUT2D eigenvalue weighted by Gasteiger charge is -2.30. The van der Waals surface area contributed by atoms with Gasteiger partial charge < -0.3 is 5.73 Å². The molecule has 78 valence electrons. The van der Waals surface area contributed by atoms with Crippen molar-refractivity contribution >= 4 is 11.3 Å². The Morgan fingerprint density at radius 3 is 2.86 bits per heavy atom. The predicted molar refractivity (Wildman–Crippen MR) is 60.4 cm³/mol. The third-order valence-corrected chi connectivity index (χ3v) is 4.32. The van der Waals surface area contributed by atoms with Crippen molar-refractivity contribution in [1.82, 2.24) is 4.98 Å². The van der Waals surface area contributed by atoms with Crippen LogP contribution in [-0.2, 0) is 6.42 Å². The minimum atomic E-state index is 0.288. The van der Waals surface area contributed by atoms with Crippen molar-refractivity contribution in [2.24, 2.45) is 11.1 Å². The first kappa shape index (κ1) is 10.1. The Bertz CT molecular complexity index is 275. The van der Waals surface area contributed by atoms with Crippen LogP contribution in [0.4, 0.5) is 0 Å². The van der Waals surface area contributed by atoms with Crippen LogP contribution in [-0.4, -0.2) is 11.0 Å². The predicted octanol–water partition coefficient (Wildman–Crippen LogP) is 2.59. The van der Waals surface area contributed by atoms with E-state index < -0.39 is 0 Å². The van der Waals surface area contributed by atoms with Gasteiger partial charge in [-0.3, -0.25) is 0 Å². The maximum Gasteiger partial charge on any atom is 0.0940 e. The van der Waals surface area contributed by atoms with Crippen LogP contribution in [0.2, 0.25) is 0 Å². The zero-order chi connectivity index (χ0) is 10.0. The Balaban J connectivity index is 1.98. The molecular formula is C11H18N2S. The summed E-state index contributed by atoms with van der Waals surface area (Å²) in [6.45, 7) is 2.33. The van der Waals surface area contributed by atoms with Gasteiger partial charge in [-0.25, -0.2) is 4.98 Å². The molecule has 1 heterocycles. The normalized spacial score (nSPS) is 22.4. The summed E-state index contributed by atoms with van der Waals surface area (Å²) in [7, 11) is 0. The van der Waals surface area contributed by atoms with E-state index in [0.717, 1.165) is 6.42 Å². The molecule has 0 radical (unpaired) electrons. The minimum Gasteiger partial charge on any atom is -0.327 e. The van der Waals surface area contributed by atoms with Gasteiger partial charge in [0, 0.05) is 24.0 Å². The monoisotopic (exact) mass is 210 g/mol. The molecule has 3 heteroatoms. The van der Waals surface area contributed by atoms with Crippen molar-refractivity contribution in [2.45, 2.75) is 45.1 Å². The molecule has 0 amide bonds. The third-order valence-electron chi connectivity index (χ3n) is 3.52. The van der Waals surface area contributed by atoms with Crippen LogP contribution in [0.5, 0.6) is 0 Å². The Kier molecular flexibility index (Phi) is 2.88. The molecule has 0 aromatic carbocycles. The van der Waals surface area contributed by atoms with Crippen LogP contribution in [0.15, 0.2) is 11.6 Å². The van der Waals surface area contributed by atoms with Gasteiger partial charge in [0.1, 0.15) is 0 Å². The molecular weight excluding hydrogens is 192 g/mol. The summed E-state index contributed by atoms with van der Waals surface area (Å²) in [5.74, 6) is 0. The van der Waals surface area contributed by atoms with E-state index in [1.54, 1.807) is 11.3 Å². The van der Waals surface area contributed by atoms with Crippen molar-refractivity contribution in [3.05, 3.63) is 16.6 Å². The van der Waals surface area contributed by atoms with Gasteiger partial charge in [0.05, 0.1) is 5.01 Å². The van der Waals surface area contributed by atoms with E-state index in [2.05, 4.69) is 11.9 Å². The first-order chi connectivity index (χ1) is 6.71. The second-order valence-electron chi connectivity index (χ2n) is 4.60. The highest BCUT2D eigenvalue weighted by Gasteiger charge is 2.34. The van der Waals surface area contributed by atoms with Crippen LogP contribution in [0, 0.1) is 5.41 Å². The summed E-state index contributed by atoms with van der Waals surface area (Å²) in [5, 5.41) is 3.21. The van der Waals surface area contributed by atoms with E-state index in [-0.39, 0.29) is 6.04 Å². The largest absolute Gasteiger partial charge is 0.327 e. The molecule has 1 unspecified atom stereocenters. The highest BCUT2D eigenvalue weighted by Crippen LogP contribution is 2.40. The summed E-state index contributed by atoms with van der Waals surface area (Å²) >= 11 is 1.72. The quantitative estimate of drug-likeness (QED) is 0.833. The first-order valence-electron chi connectivity index (χ1n) is 5.35. The molecule has 1 aliphatic carbocycles. The summed E-state index contributed by atoms with van der Waals surface area (Å²) < 4.78 is 0. The second-order valence-corrected chi connectivity index (χ2v) is 5.58. The fraction of sp³-hybridized carbons (Fsp3) is 0.727. The first-order valence-corrected chi connectivity index (χ1v) is 6.23. The second kappa shape index (κ2) is 3.99. The third kappa shape index (κ3) is 1.98. The van der Waals surface area contributed by atoms with Crippen molar-refractivity contribution < 1.29 is 0 Å². The van der Waals surface area contributed by atoms with Crippen LogP contribution in [0.1, 0.15) is 37.6 Å². The zero-order valence-electron chi connectivity index (χ0n) is 8.70. The average molecular weight is 210 g/mol. The van der Waals surface area contributed by atoms with Crippen molar-refractivity contribution in [3.8, 4) is 0 Å². The van der Waals surface area contributed by atoms with Crippen LogP contribution >= 0.6 is 11.3 Å². The molecule has 2 rings (SSSR count). The standard InChI is InChI=1S/C11H18N2S/c1-11(4-2-3-5-11)9(12)8-10-13-6-7-14-10/h6-7,9H,2-5,8,12H2,1H3. The highest BCUT2D eigenvalue weighted by atomic mass is 32.1. The number of nitrogens with zero attached hydrogens (tertiary/aromatic N) is 1. The number of rotatable bonds is 3. The molecule has 0 bridgehead atoms. The maximum atomic E-state index is 6.27. The fourth-order valence-corrected chi connectivity index (χ4v) is 3.02. The maximum absolute atomic E-state index is 6.27. The number of thiazole rings is 1. The molecule has 1 atom stereocenters. The smallest absolute Gasteiger partial charge is 0.0940 e. The lowest BCUT2D eigenvalue weighted by molar-refractivity contribution is 0.260. The van der Waals surface area contributed by atoms with Gasteiger partial charge in [0.25, 0.3) is 0 Å². The molecule has 0 spiro atoms. The van der Waals surface area contributed by atoms with Crippen molar-refractivity contribution in [1.29, 1.82) is 0 Å². The number of nitrogens with two attached hydrogens (primary N) is 1. The summed E-state index contributed by atoms with van der Waals surface area (Å²) in [6.07, 6.45) is 8.10. The molecule has 14 heavy (non-hydrogen) atoms. The van der Waals surface area contributed by atoms with E-state index in [4.69, 9.17) is 5.73 Å². The molecule has 1 aliphatic rings. The Hall–Kier alpha value is -0.410. The molecule has 1 fully saturated rings. The fourth-order valence-electron chi connectivity index (χ4n) is 2.34. The molecule has 2 nitrogen and oxygen atoms in total. The van der Waals surface area contributed by atoms with Gasteiger partial charge in [0.2, 0.25) is 0 Å². The van der Waals surface area contributed by atoms with E-state index in [9.17, 15) is 0 Å². The van der Waals surface area contributed by atoms with Gasteiger partial charge in [-0.15, -0.1) is 11.3 Å². The SMILES string of the molecule is CC1(C(N)Cc2nccs2)CCCC1. The number of hydrogen-bond donors (Lipinski definition) is 1. The topological polar surface area (TPSA) is 38.9 Å². The minimum absolute atomic E-state index is 0.288. The van der Waals surface area contributed by atoms with E-state index >= 15 is 0 Å². The van der Waals surface area contributed by atoms with Gasteiger partial charge in [0.15, 0.2) is 0 Å². The van der Waals surface area contributed by atoms with Crippen molar-refractivity contribution in [2.75, 3.05) is 0 Å². The van der Waals surface area contributed by atoms with Gasteiger partial charge in [-0.05, 0) is 18.3 Å². The molecule has 1 aromatic heterocycles. The Morgan fingerprint density at radius 2 is 2.29 bits per heavy atom. The highest BCUT2D eigenvalue weighted by molar-refractivity contribution is 7.09. The Labute approximate surface area is 89.5 Å². The summed E-state index contributed by atoms with van der Waals surface area (Å²) in [6, 6.07) is 0.288. The van der Waals surface area contributed by atoms with E-state index in [1.165, 1.54) is 30.7 Å². The lowest BCUT2D eigenvalue weighted by Crippen LogP contribution is -2.39. The molecule has 1 aromatic rings.